The van der Waals surface area contributed by atoms with Crippen LogP contribution in [0.25, 0.3) is 0 Å². The summed E-state index contributed by atoms with van der Waals surface area (Å²) in [4.78, 5) is 0. The third kappa shape index (κ3) is 2.85. The van der Waals surface area contributed by atoms with Gasteiger partial charge >= 0.3 is 0 Å². The molecule has 1 fully saturated rings. The molecule has 2 rings (SSSR count). The SMILES string of the molecule is NCC(c1c(F)cccc1Cl)C(O)CC1CCC1. The summed E-state index contributed by atoms with van der Waals surface area (Å²) in [5, 5.41) is 10.6. The largest absolute Gasteiger partial charge is 0.392 e. The lowest BCUT2D eigenvalue weighted by Crippen LogP contribution is -2.30. The van der Waals surface area contributed by atoms with Crippen LogP contribution in [-0.2, 0) is 0 Å². The molecule has 0 heterocycles. The van der Waals surface area contributed by atoms with E-state index in [9.17, 15) is 9.50 Å². The van der Waals surface area contributed by atoms with E-state index in [0.29, 0.717) is 22.9 Å². The Bertz CT molecular complexity index is 389. The quantitative estimate of drug-likeness (QED) is 0.865. The van der Waals surface area contributed by atoms with Crippen LogP contribution < -0.4 is 5.73 Å². The van der Waals surface area contributed by atoms with Crippen molar-refractivity contribution in [3.8, 4) is 0 Å². The van der Waals surface area contributed by atoms with Gasteiger partial charge in [0.25, 0.3) is 0 Å². The van der Waals surface area contributed by atoms with Gasteiger partial charge in [0.1, 0.15) is 5.82 Å². The van der Waals surface area contributed by atoms with Crippen LogP contribution >= 0.6 is 11.6 Å². The molecule has 0 aromatic heterocycles. The maximum atomic E-state index is 13.8. The summed E-state index contributed by atoms with van der Waals surface area (Å²) in [6.45, 7) is 0.203. The number of nitrogens with two attached hydrogens (primary N) is 1. The Morgan fingerprint density at radius 2 is 2.17 bits per heavy atom. The Kier molecular flexibility index (Phi) is 4.60. The fourth-order valence-electron chi connectivity index (χ4n) is 2.57. The fraction of sp³-hybridized carbons (Fsp3) is 0.571. The summed E-state index contributed by atoms with van der Waals surface area (Å²) in [6, 6.07) is 4.56. The lowest BCUT2D eigenvalue weighted by Gasteiger charge is -2.31. The smallest absolute Gasteiger partial charge is 0.128 e. The molecule has 2 unspecified atom stereocenters. The van der Waals surface area contributed by atoms with Gasteiger partial charge in [-0.05, 0) is 24.5 Å². The van der Waals surface area contributed by atoms with Crippen molar-refractivity contribution in [2.75, 3.05) is 6.54 Å². The lowest BCUT2D eigenvalue weighted by atomic mass is 9.78. The topological polar surface area (TPSA) is 46.2 Å². The van der Waals surface area contributed by atoms with E-state index in [1.54, 1.807) is 12.1 Å². The van der Waals surface area contributed by atoms with E-state index >= 15 is 0 Å². The van der Waals surface area contributed by atoms with E-state index in [2.05, 4.69) is 0 Å². The van der Waals surface area contributed by atoms with Gasteiger partial charge in [-0.15, -0.1) is 0 Å². The lowest BCUT2D eigenvalue weighted by molar-refractivity contribution is 0.0940. The Morgan fingerprint density at radius 1 is 1.44 bits per heavy atom. The van der Waals surface area contributed by atoms with E-state index in [4.69, 9.17) is 17.3 Å². The summed E-state index contributed by atoms with van der Waals surface area (Å²) < 4.78 is 13.8. The highest BCUT2D eigenvalue weighted by Crippen LogP contribution is 2.36. The number of hydrogen-bond donors (Lipinski definition) is 2. The molecule has 1 aliphatic carbocycles. The molecule has 1 saturated carbocycles. The van der Waals surface area contributed by atoms with Gasteiger partial charge in [0.15, 0.2) is 0 Å². The predicted molar refractivity (Wildman–Crippen MR) is 71.2 cm³/mol. The second kappa shape index (κ2) is 6.00. The van der Waals surface area contributed by atoms with E-state index in [1.807, 2.05) is 0 Å². The molecule has 0 amide bonds. The molecular weight excluding hydrogens is 253 g/mol. The fourth-order valence-corrected chi connectivity index (χ4v) is 2.87. The van der Waals surface area contributed by atoms with Crippen LogP contribution in [0.4, 0.5) is 4.39 Å². The average Bonchev–Trinajstić information content (AvgIpc) is 2.28. The molecule has 2 nitrogen and oxygen atoms in total. The normalized spacial score (nSPS) is 19.3. The second-order valence-electron chi connectivity index (χ2n) is 5.08. The Morgan fingerprint density at radius 3 is 2.67 bits per heavy atom. The van der Waals surface area contributed by atoms with Gasteiger partial charge in [-0.3, -0.25) is 0 Å². The second-order valence-corrected chi connectivity index (χ2v) is 5.48. The van der Waals surface area contributed by atoms with Crippen LogP contribution in [0.3, 0.4) is 0 Å². The molecule has 4 heteroatoms. The van der Waals surface area contributed by atoms with Gasteiger partial charge in [-0.1, -0.05) is 36.9 Å². The van der Waals surface area contributed by atoms with Crippen molar-refractivity contribution in [2.24, 2.45) is 11.7 Å². The van der Waals surface area contributed by atoms with Crippen molar-refractivity contribution in [3.63, 3.8) is 0 Å². The number of halogens is 2. The third-order valence-electron chi connectivity index (χ3n) is 3.89. The van der Waals surface area contributed by atoms with Crippen LogP contribution in [0.5, 0.6) is 0 Å². The predicted octanol–water partition coefficient (Wildman–Crippen LogP) is 3.07. The minimum Gasteiger partial charge on any atom is -0.392 e. The Labute approximate surface area is 112 Å². The molecule has 0 aliphatic heterocycles. The number of hydrogen-bond acceptors (Lipinski definition) is 2. The first-order valence-electron chi connectivity index (χ1n) is 6.45. The van der Waals surface area contributed by atoms with Crippen molar-refractivity contribution in [2.45, 2.75) is 37.7 Å². The molecule has 0 saturated heterocycles. The minimum atomic E-state index is -0.616. The first-order chi connectivity index (χ1) is 8.63. The molecular formula is C14H19ClFNO. The van der Waals surface area contributed by atoms with Crippen molar-refractivity contribution in [3.05, 3.63) is 34.6 Å². The molecule has 100 valence electrons. The summed E-state index contributed by atoms with van der Waals surface area (Å²) >= 11 is 6.02. The molecule has 0 bridgehead atoms. The van der Waals surface area contributed by atoms with Gasteiger partial charge in [-0.25, -0.2) is 4.39 Å². The average molecular weight is 272 g/mol. The maximum absolute atomic E-state index is 13.8. The van der Waals surface area contributed by atoms with Crippen LogP contribution in [-0.4, -0.2) is 17.8 Å². The molecule has 1 aromatic carbocycles. The van der Waals surface area contributed by atoms with Crippen molar-refractivity contribution >= 4 is 11.6 Å². The number of benzene rings is 1. The highest BCUT2D eigenvalue weighted by molar-refractivity contribution is 6.31. The van der Waals surface area contributed by atoms with E-state index < -0.39 is 12.0 Å². The Hall–Kier alpha value is -0.640. The monoisotopic (exact) mass is 271 g/mol. The third-order valence-corrected chi connectivity index (χ3v) is 4.22. The van der Waals surface area contributed by atoms with Gasteiger partial charge in [0.05, 0.1) is 6.10 Å². The zero-order valence-electron chi connectivity index (χ0n) is 10.3. The van der Waals surface area contributed by atoms with E-state index in [0.717, 1.165) is 12.8 Å². The van der Waals surface area contributed by atoms with Gasteiger partial charge in [0, 0.05) is 23.0 Å². The first-order valence-corrected chi connectivity index (χ1v) is 6.83. The summed E-state index contributed by atoms with van der Waals surface area (Å²) in [6.07, 6.45) is 3.60. The highest BCUT2D eigenvalue weighted by Gasteiger charge is 2.29. The van der Waals surface area contributed by atoms with Gasteiger partial charge in [0.2, 0.25) is 0 Å². The summed E-state index contributed by atoms with van der Waals surface area (Å²) in [7, 11) is 0. The zero-order chi connectivity index (χ0) is 13.1. The standard InChI is InChI=1S/C14H19ClFNO/c15-11-5-2-6-12(16)14(11)10(8-17)13(18)7-9-3-1-4-9/h2,5-6,9-10,13,18H,1,3-4,7-8,17H2. The zero-order valence-corrected chi connectivity index (χ0v) is 11.0. The van der Waals surface area contributed by atoms with Gasteiger partial charge < -0.3 is 10.8 Å². The molecule has 18 heavy (non-hydrogen) atoms. The molecule has 1 aliphatic rings. The van der Waals surface area contributed by atoms with Crippen LogP contribution in [0, 0.1) is 11.7 Å². The molecule has 0 radical (unpaired) electrons. The number of aliphatic hydroxyl groups excluding tert-OH is 1. The first kappa shape index (κ1) is 13.8. The molecule has 1 aromatic rings. The van der Waals surface area contributed by atoms with Crippen molar-refractivity contribution in [1.29, 1.82) is 0 Å². The number of rotatable bonds is 5. The van der Waals surface area contributed by atoms with Crippen LogP contribution in [0.1, 0.15) is 37.2 Å². The number of aliphatic hydroxyl groups is 1. The highest BCUT2D eigenvalue weighted by atomic mass is 35.5. The minimum absolute atomic E-state index is 0.203. The summed E-state index contributed by atoms with van der Waals surface area (Å²) in [5.41, 5.74) is 6.05. The molecule has 2 atom stereocenters. The van der Waals surface area contributed by atoms with Crippen molar-refractivity contribution < 1.29 is 9.50 Å². The molecule has 3 N–H and O–H groups in total. The van der Waals surface area contributed by atoms with Crippen LogP contribution in [0.15, 0.2) is 18.2 Å². The van der Waals surface area contributed by atoms with Crippen LogP contribution in [0.2, 0.25) is 5.02 Å². The van der Waals surface area contributed by atoms with E-state index in [1.165, 1.54) is 12.5 Å². The van der Waals surface area contributed by atoms with Crippen molar-refractivity contribution in [1.82, 2.24) is 0 Å². The van der Waals surface area contributed by atoms with Gasteiger partial charge in [-0.2, -0.15) is 0 Å². The van der Waals surface area contributed by atoms with E-state index in [-0.39, 0.29) is 12.4 Å². The summed E-state index contributed by atoms with van der Waals surface area (Å²) in [5.74, 6) is -0.246. The maximum Gasteiger partial charge on any atom is 0.128 e. The Balaban J connectivity index is 2.15. The molecule has 0 spiro atoms.